The molecule has 0 aromatic heterocycles. The molecule has 6 rings (SSSR count). The zero-order chi connectivity index (χ0) is 20.4. The van der Waals surface area contributed by atoms with Crippen LogP contribution in [0.2, 0.25) is 0 Å². The van der Waals surface area contributed by atoms with Crippen molar-refractivity contribution in [3.05, 3.63) is 29.8 Å². The number of fused-ring (bicyclic) bond motifs is 3. The summed E-state index contributed by atoms with van der Waals surface area (Å²) in [6.45, 7) is 7.67. The highest BCUT2D eigenvalue weighted by atomic mass is 16.5. The van der Waals surface area contributed by atoms with E-state index in [-0.39, 0.29) is 41.3 Å². The summed E-state index contributed by atoms with van der Waals surface area (Å²) in [4.78, 5) is 28.4. The zero-order valence-corrected chi connectivity index (χ0v) is 17.5. The molecule has 0 unspecified atom stereocenters. The third-order valence-electron chi connectivity index (χ3n) is 7.70. The van der Waals surface area contributed by atoms with Crippen molar-refractivity contribution in [1.82, 2.24) is 10.2 Å². The fraction of sp³-hybridized carbons (Fsp3) is 0.652. The number of hydrogen-bond acceptors (Lipinski definition) is 4. The number of amides is 2. The molecule has 2 aliphatic heterocycles. The predicted molar refractivity (Wildman–Crippen MR) is 110 cm³/mol. The molecule has 1 spiro atoms. The maximum Gasteiger partial charge on any atom is 0.255 e. The van der Waals surface area contributed by atoms with Crippen LogP contribution < -0.4 is 10.6 Å². The Labute approximate surface area is 172 Å². The van der Waals surface area contributed by atoms with Crippen molar-refractivity contribution in [1.29, 1.82) is 0 Å². The van der Waals surface area contributed by atoms with Gasteiger partial charge in [-0.1, -0.05) is 19.1 Å². The van der Waals surface area contributed by atoms with Gasteiger partial charge in [-0.25, -0.2) is 0 Å². The first-order valence-electron chi connectivity index (χ1n) is 10.9. The van der Waals surface area contributed by atoms with Gasteiger partial charge < -0.3 is 20.3 Å². The lowest BCUT2D eigenvalue weighted by Crippen LogP contribution is -2.70. The summed E-state index contributed by atoms with van der Waals surface area (Å²) >= 11 is 0. The van der Waals surface area contributed by atoms with Gasteiger partial charge in [0.2, 0.25) is 5.91 Å². The second kappa shape index (κ2) is 6.46. The minimum absolute atomic E-state index is 0.00537. The Morgan fingerprint density at radius 1 is 1.17 bits per heavy atom. The molecule has 4 fully saturated rings. The SMILES string of the molecule is C[C@@H]1CN(C(=O)[C@@H]2C[C@H]3CC[C@@]2(C)C[C@@]32NC(=O)c3ccccc3N2)C[C@@H](C)O1. The van der Waals surface area contributed by atoms with Crippen LogP contribution in [0.3, 0.4) is 0 Å². The Balaban J connectivity index is 1.41. The number of ether oxygens (including phenoxy) is 1. The molecule has 2 heterocycles. The van der Waals surface area contributed by atoms with Gasteiger partial charge in [-0.2, -0.15) is 0 Å². The lowest BCUT2D eigenvalue weighted by Gasteiger charge is -2.61. The Kier molecular flexibility index (Phi) is 4.21. The summed E-state index contributed by atoms with van der Waals surface area (Å²) in [5, 5.41) is 6.98. The number of hydrogen-bond donors (Lipinski definition) is 2. The molecule has 29 heavy (non-hydrogen) atoms. The largest absolute Gasteiger partial charge is 0.372 e. The minimum atomic E-state index is -0.444. The van der Waals surface area contributed by atoms with Crippen LogP contribution >= 0.6 is 0 Å². The van der Waals surface area contributed by atoms with Gasteiger partial charge in [-0.3, -0.25) is 9.59 Å². The van der Waals surface area contributed by atoms with Crippen LogP contribution in [0.5, 0.6) is 0 Å². The van der Waals surface area contributed by atoms with Crippen molar-refractivity contribution in [2.75, 3.05) is 18.4 Å². The fourth-order valence-electron chi connectivity index (χ4n) is 6.41. The Bertz CT molecular complexity index is 848. The van der Waals surface area contributed by atoms with E-state index in [1.165, 1.54) is 0 Å². The molecule has 1 aromatic carbocycles. The standard InChI is InChI=1S/C23H31N3O3/c1-14-11-26(12-15(2)29-14)21(28)18-10-16-8-9-22(18,3)13-23(16)24-19-7-5-4-6-17(19)20(27)25-23/h4-7,14-16,18,24H,8-13H2,1-3H3,(H,25,27)/t14-,15-,16-,18+,22+,23-/m1/s1. The molecule has 3 aliphatic carbocycles. The average Bonchev–Trinajstić information content (AvgIpc) is 2.66. The summed E-state index contributed by atoms with van der Waals surface area (Å²) in [6.07, 6.45) is 3.84. The molecule has 2 N–H and O–H groups in total. The molecule has 6 atom stereocenters. The van der Waals surface area contributed by atoms with E-state index < -0.39 is 5.66 Å². The fourth-order valence-corrected chi connectivity index (χ4v) is 6.41. The molecule has 6 heteroatoms. The summed E-state index contributed by atoms with van der Waals surface area (Å²) in [7, 11) is 0. The van der Waals surface area contributed by atoms with Gasteiger partial charge in [0, 0.05) is 30.6 Å². The number of carbonyl (C=O) groups is 2. The number of nitrogens with zero attached hydrogens (tertiary/aromatic N) is 1. The van der Waals surface area contributed by atoms with E-state index in [0.29, 0.717) is 18.7 Å². The van der Waals surface area contributed by atoms with E-state index in [1.54, 1.807) is 0 Å². The monoisotopic (exact) mass is 397 g/mol. The van der Waals surface area contributed by atoms with E-state index in [1.807, 2.05) is 43.0 Å². The van der Waals surface area contributed by atoms with Gasteiger partial charge >= 0.3 is 0 Å². The number of morpholine rings is 1. The summed E-state index contributed by atoms with van der Waals surface area (Å²) in [5.74, 6) is 0.539. The van der Waals surface area contributed by atoms with Crippen LogP contribution in [-0.4, -0.2) is 47.7 Å². The van der Waals surface area contributed by atoms with Crippen LogP contribution in [0.15, 0.2) is 24.3 Å². The van der Waals surface area contributed by atoms with Gasteiger partial charge in [0.1, 0.15) is 5.66 Å². The van der Waals surface area contributed by atoms with Gasteiger partial charge in [0.15, 0.2) is 0 Å². The lowest BCUT2D eigenvalue weighted by atomic mass is 9.51. The molecule has 156 valence electrons. The van der Waals surface area contributed by atoms with E-state index in [4.69, 9.17) is 4.74 Å². The van der Waals surface area contributed by atoms with Crippen molar-refractivity contribution in [3.63, 3.8) is 0 Å². The van der Waals surface area contributed by atoms with Crippen LogP contribution in [0.25, 0.3) is 0 Å². The molecule has 6 nitrogen and oxygen atoms in total. The first-order chi connectivity index (χ1) is 13.8. The van der Waals surface area contributed by atoms with E-state index in [0.717, 1.165) is 31.4 Å². The summed E-state index contributed by atoms with van der Waals surface area (Å²) < 4.78 is 5.82. The Morgan fingerprint density at radius 2 is 1.90 bits per heavy atom. The van der Waals surface area contributed by atoms with Gasteiger partial charge in [-0.15, -0.1) is 0 Å². The van der Waals surface area contributed by atoms with Crippen LogP contribution in [0.1, 0.15) is 56.8 Å². The molecule has 2 bridgehead atoms. The third-order valence-corrected chi connectivity index (χ3v) is 7.70. The van der Waals surface area contributed by atoms with E-state index in [9.17, 15) is 9.59 Å². The average molecular weight is 398 g/mol. The second-order valence-corrected chi connectivity index (χ2v) is 9.95. The number of benzene rings is 1. The van der Waals surface area contributed by atoms with Crippen LogP contribution in [-0.2, 0) is 9.53 Å². The topological polar surface area (TPSA) is 70.7 Å². The van der Waals surface area contributed by atoms with Crippen molar-refractivity contribution < 1.29 is 14.3 Å². The van der Waals surface area contributed by atoms with Crippen molar-refractivity contribution in [2.45, 2.75) is 64.3 Å². The summed E-state index contributed by atoms with van der Waals surface area (Å²) in [6, 6.07) is 7.71. The van der Waals surface area contributed by atoms with Crippen molar-refractivity contribution in [2.24, 2.45) is 17.3 Å². The first kappa shape index (κ1) is 18.9. The van der Waals surface area contributed by atoms with Gasteiger partial charge in [0.25, 0.3) is 5.91 Å². The molecule has 5 aliphatic rings. The Morgan fingerprint density at radius 3 is 2.62 bits per heavy atom. The van der Waals surface area contributed by atoms with Crippen LogP contribution in [0.4, 0.5) is 5.69 Å². The highest BCUT2D eigenvalue weighted by molar-refractivity contribution is 6.02. The predicted octanol–water partition coefficient (Wildman–Crippen LogP) is 3.00. The minimum Gasteiger partial charge on any atom is -0.372 e. The highest BCUT2D eigenvalue weighted by Gasteiger charge is 2.60. The number of para-hydroxylation sites is 1. The van der Waals surface area contributed by atoms with Crippen molar-refractivity contribution >= 4 is 17.5 Å². The van der Waals surface area contributed by atoms with E-state index in [2.05, 4.69) is 17.6 Å². The normalized spacial score (nSPS) is 40.9. The lowest BCUT2D eigenvalue weighted by molar-refractivity contribution is -0.161. The first-order valence-corrected chi connectivity index (χ1v) is 10.9. The van der Waals surface area contributed by atoms with Crippen LogP contribution in [0, 0.1) is 17.3 Å². The van der Waals surface area contributed by atoms with Gasteiger partial charge in [0.05, 0.1) is 17.8 Å². The molecular formula is C23H31N3O3. The number of carbonyl (C=O) groups excluding carboxylic acids is 2. The highest BCUT2D eigenvalue weighted by Crippen LogP contribution is 2.58. The van der Waals surface area contributed by atoms with E-state index >= 15 is 0 Å². The smallest absolute Gasteiger partial charge is 0.255 e. The second-order valence-electron chi connectivity index (χ2n) is 9.95. The Hall–Kier alpha value is -2.08. The molecule has 0 radical (unpaired) electrons. The molecule has 3 saturated carbocycles. The number of anilines is 1. The molecule has 2 amide bonds. The number of nitrogens with one attached hydrogen (secondary N) is 2. The third kappa shape index (κ3) is 2.95. The van der Waals surface area contributed by atoms with Crippen molar-refractivity contribution in [3.8, 4) is 0 Å². The molecule has 1 aromatic rings. The summed E-state index contributed by atoms with van der Waals surface area (Å²) in [5.41, 5.74) is 1.05. The quantitative estimate of drug-likeness (QED) is 0.764. The molecular weight excluding hydrogens is 366 g/mol. The van der Waals surface area contributed by atoms with Gasteiger partial charge in [-0.05, 0) is 57.1 Å². The number of rotatable bonds is 1. The molecule has 1 saturated heterocycles. The maximum absolute atomic E-state index is 13.5. The zero-order valence-electron chi connectivity index (χ0n) is 17.5. The maximum atomic E-state index is 13.5.